The Labute approximate surface area is 347 Å². The molecule has 0 spiro atoms. The van der Waals surface area contributed by atoms with Crippen LogP contribution in [0.15, 0.2) is 18.5 Å². The Balaban J connectivity index is 1.57. The SMILES string of the molecule is CCCCCCCCCCCCCCCCOCCCOP(=O)(OCOC(=O)OC(C)C)OC[C@@H]1O[C@@](C#N)(c2ccc3c(N)ncnn23)[C@H](CC(=O)O)[C@H]1CC(=O)O. The summed E-state index contributed by atoms with van der Waals surface area (Å²) >= 11 is 0. The molecule has 0 aromatic carbocycles. The first kappa shape index (κ1) is 49.5. The topological polar surface area (TPSA) is 253 Å². The van der Waals surface area contributed by atoms with Crippen LogP contribution in [0.2, 0.25) is 0 Å². The lowest BCUT2D eigenvalue weighted by molar-refractivity contribution is -0.142. The molecule has 0 radical (unpaired) electrons. The number of rotatable bonds is 32. The van der Waals surface area contributed by atoms with Gasteiger partial charge >= 0.3 is 25.9 Å². The number of phosphoric ester groups is 1. The van der Waals surface area contributed by atoms with E-state index in [1.54, 1.807) is 13.8 Å². The van der Waals surface area contributed by atoms with Crippen LogP contribution in [0.25, 0.3) is 5.52 Å². The zero-order valence-electron chi connectivity index (χ0n) is 34.8. The first-order valence-corrected chi connectivity index (χ1v) is 22.4. The molecular weight excluding hydrogens is 789 g/mol. The third-order valence-corrected chi connectivity index (χ3v) is 11.5. The van der Waals surface area contributed by atoms with Crippen LogP contribution in [-0.2, 0) is 52.3 Å². The summed E-state index contributed by atoms with van der Waals surface area (Å²) in [4.78, 5) is 40.2. The first-order chi connectivity index (χ1) is 28.4. The highest BCUT2D eigenvalue weighted by molar-refractivity contribution is 7.48. The number of nitrogens with zero attached hydrogens (tertiary/aromatic N) is 4. The van der Waals surface area contributed by atoms with Crippen molar-refractivity contribution in [3.8, 4) is 6.07 Å². The Morgan fingerprint density at radius 1 is 0.898 bits per heavy atom. The molecule has 2 aromatic heterocycles. The lowest BCUT2D eigenvalue weighted by Gasteiger charge is -2.28. The largest absolute Gasteiger partial charge is 0.510 e. The third kappa shape index (κ3) is 16.6. The number of phosphoric acid groups is 1. The van der Waals surface area contributed by atoms with Gasteiger partial charge in [0.2, 0.25) is 6.79 Å². The number of aromatic nitrogens is 3. The van der Waals surface area contributed by atoms with E-state index in [-0.39, 0.29) is 18.1 Å². The smallest absolute Gasteiger partial charge is 0.481 e. The van der Waals surface area contributed by atoms with Gasteiger partial charge in [0.15, 0.2) is 11.4 Å². The van der Waals surface area contributed by atoms with Crippen LogP contribution in [-0.4, -0.2) is 88.3 Å². The molecule has 2 aromatic rings. The van der Waals surface area contributed by atoms with Crippen molar-refractivity contribution in [3.63, 3.8) is 0 Å². The molecule has 18 nitrogen and oxygen atoms in total. The van der Waals surface area contributed by atoms with Gasteiger partial charge in [-0.05, 0) is 38.8 Å². The molecule has 1 fully saturated rings. The lowest BCUT2D eigenvalue weighted by Crippen LogP contribution is -2.36. The molecule has 19 heteroatoms. The summed E-state index contributed by atoms with van der Waals surface area (Å²) in [6, 6.07) is 5.04. The Morgan fingerprint density at radius 2 is 1.51 bits per heavy atom. The van der Waals surface area contributed by atoms with Gasteiger partial charge < -0.3 is 34.9 Å². The van der Waals surface area contributed by atoms with Crippen molar-refractivity contribution in [1.82, 2.24) is 14.6 Å². The predicted octanol–water partition coefficient (Wildman–Crippen LogP) is 8.18. The molecule has 0 saturated carbocycles. The summed E-state index contributed by atoms with van der Waals surface area (Å²) in [5, 5.41) is 34.6. The Hall–Kier alpha value is -3.85. The van der Waals surface area contributed by atoms with Crippen molar-refractivity contribution >= 4 is 37.3 Å². The van der Waals surface area contributed by atoms with Crippen molar-refractivity contribution in [2.75, 3.05) is 39.0 Å². The maximum atomic E-state index is 13.9. The Morgan fingerprint density at radius 3 is 2.10 bits per heavy atom. The average molecular weight is 854 g/mol. The quantitative estimate of drug-likeness (QED) is 0.0271. The van der Waals surface area contributed by atoms with Crippen molar-refractivity contribution in [1.29, 1.82) is 5.26 Å². The van der Waals surface area contributed by atoms with E-state index in [2.05, 4.69) is 23.1 Å². The van der Waals surface area contributed by atoms with Gasteiger partial charge in [0.25, 0.3) is 0 Å². The second-order valence-electron chi connectivity index (χ2n) is 15.1. The number of aliphatic carboxylic acids is 2. The normalized spacial score (nSPS) is 20.1. The van der Waals surface area contributed by atoms with Crippen LogP contribution in [0.3, 0.4) is 0 Å². The molecule has 4 N–H and O–H groups in total. The summed E-state index contributed by atoms with van der Waals surface area (Å²) in [6.45, 7) is 4.60. The van der Waals surface area contributed by atoms with Crippen LogP contribution in [0.5, 0.6) is 0 Å². The molecule has 5 atom stereocenters. The number of nitrogen functional groups attached to an aromatic ring is 1. The molecule has 3 rings (SSSR count). The maximum Gasteiger partial charge on any atom is 0.510 e. The summed E-state index contributed by atoms with van der Waals surface area (Å²) in [6.07, 6.45) is 14.8. The van der Waals surface area contributed by atoms with Gasteiger partial charge in [0, 0.05) is 25.0 Å². The van der Waals surface area contributed by atoms with E-state index >= 15 is 0 Å². The minimum absolute atomic E-state index is 0.0732. The second kappa shape index (κ2) is 26.4. The molecule has 1 aliphatic rings. The van der Waals surface area contributed by atoms with Gasteiger partial charge in [-0.3, -0.25) is 18.6 Å². The van der Waals surface area contributed by atoms with E-state index in [1.807, 2.05) is 0 Å². The lowest BCUT2D eigenvalue weighted by atomic mass is 9.75. The molecule has 59 heavy (non-hydrogen) atoms. The molecule has 1 saturated heterocycles. The fourth-order valence-corrected chi connectivity index (χ4v) is 8.31. The first-order valence-electron chi connectivity index (χ1n) is 20.9. The minimum atomic E-state index is -4.58. The van der Waals surface area contributed by atoms with Gasteiger partial charge in [-0.1, -0.05) is 90.4 Å². The van der Waals surface area contributed by atoms with Crippen LogP contribution in [0.4, 0.5) is 10.6 Å². The fourth-order valence-electron chi connectivity index (χ4n) is 7.22. The number of carbonyl (C=O) groups excluding carboxylic acids is 1. The number of unbranched alkanes of at least 4 members (excludes halogenated alkanes) is 13. The molecule has 0 bridgehead atoms. The standard InChI is InChI=1S/C40H64N5O13P/c1-4-5-6-7-8-9-10-11-12-13-14-15-16-17-21-52-22-18-23-54-59(51,56-29-53-39(50)57-30(2)3)55-26-34-31(24-36(46)47)32(25-37(48)49)40(27-41,58-34)35-20-19-33-38(42)43-28-44-45(33)35/h19-20,28,30-32,34H,4-18,21-26,29H2,1-3H3,(H,46,47)(H,48,49)(H2,42,43,44)/t31-,32-,34+,40-,59?/m1/s1. The Kier molecular flexibility index (Phi) is 22.1. The van der Waals surface area contributed by atoms with Gasteiger partial charge in [0.1, 0.15) is 17.9 Å². The van der Waals surface area contributed by atoms with Gasteiger partial charge in [-0.2, -0.15) is 10.4 Å². The zero-order chi connectivity index (χ0) is 43.1. The van der Waals surface area contributed by atoms with E-state index in [0.717, 1.165) is 25.6 Å². The minimum Gasteiger partial charge on any atom is -0.481 e. The highest BCUT2D eigenvalue weighted by Crippen LogP contribution is 2.54. The number of hydrogen-bond donors (Lipinski definition) is 3. The summed E-state index contributed by atoms with van der Waals surface area (Å²) in [7, 11) is -4.58. The number of nitriles is 1. The number of ether oxygens (including phenoxy) is 4. The van der Waals surface area contributed by atoms with E-state index in [9.17, 15) is 34.4 Å². The van der Waals surface area contributed by atoms with E-state index in [1.165, 1.54) is 87.3 Å². The molecule has 1 unspecified atom stereocenters. The number of nitrogens with two attached hydrogens (primary N) is 1. The molecule has 0 amide bonds. The Bertz CT molecular complexity index is 1670. The number of carboxylic acids is 2. The van der Waals surface area contributed by atoms with Crippen molar-refractivity contribution in [3.05, 3.63) is 24.2 Å². The average Bonchev–Trinajstić information content (AvgIpc) is 3.74. The number of fused-ring (bicyclic) bond motifs is 1. The van der Waals surface area contributed by atoms with Crippen molar-refractivity contribution in [2.45, 2.75) is 148 Å². The van der Waals surface area contributed by atoms with Crippen LogP contribution >= 0.6 is 7.82 Å². The summed E-state index contributed by atoms with van der Waals surface area (Å²) < 4.78 is 53.4. The monoisotopic (exact) mass is 853 g/mol. The van der Waals surface area contributed by atoms with Gasteiger partial charge in [0.05, 0.1) is 44.0 Å². The van der Waals surface area contributed by atoms with Gasteiger partial charge in [-0.25, -0.2) is 23.4 Å². The fraction of sp³-hybridized carbons (Fsp3) is 0.750. The molecule has 332 valence electrons. The molecule has 1 aliphatic heterocycles. The highest BCUT2D eigenvalue weighted by atomic mass is 31.2. The number of carboxylic acid groups (broad SMARTS) is 2. The zero-order valence-corrected chi connectivity index (χ0v) is 35.7. The molecular formula is C40H64N5O13P. The van der Waals surface area contributed by atoms with E-state index < -0.39 is 81.8 Å². The van der Waals surface area contributed by atoms with Crippen molar-refractivity contribution in [2.24, 2.45) is 11.8 Å². The van der Waals surface area contributed by atoms with E-state index in [4.69, 9.17) is 38.3 Å². The third-order valence-electron chi connectivity index (χ3n) is 10.1. The van der Waals surface area contributed by atoms with Crippen LogP contribution in [0.1, 0.15) is 136 Å². The summed E-state index contributed by atoms with van der Waals surface area (Å²) in [5.74, 6) is -4.96. The van der Waals surface area contributed by atoms with Crippen molar-refractivity contribution < 1.29 is 61.7 Å². The van der Waals surface area contributed by atoms with Gasteiger partial charge in [-0.15, -0.1) is 0 Å². The second-order valence-corrected chi connectivity index (χ2v) is 16.7. The van der Waals surface area contributed by atoms with E-state index in [0.29, 0.717) is 25.2 Å². The van der Waals surface area contributed by atoms with Crippen LogP contribution < -0.4 is 5.73 Å². The number of anilines is 1. The summed E-state index contributed by atoms with van der Waals surface area (Å²) in [5.41, 5.74) is 4.31. The highest BCUT2D eigenvalue weighted by Gasteiger charge is 2.59. The number of carbonyl (C=O) groups is 3. The maximum absolute atomic E-state index is 13.9. The number of hydrogen-bond acceptors (Lipinski definition) is 15. The predicted molar refractivity (Wildman–Crippen MR) is 215 cm³/mol. The van der Waals surface area contributed by atoms with Crippen LogP contribution in [0, 0.1) is 23.2 Å². The molecule has 0 aliphatic carbocycles. The molecule has 3 heterocycles.